The molecule has 0 aliphatic rings. The molecule has 0 aromatic heterocycles. The molecule has 0 spiro atoms. The van der Waals surface area contributed by atoms with Gasteiger partial charge in [0.2, 0.25) is 0 Å². The van der Waals surface area contributed by atoms with Crippen molar-refractivity contribution in [3.8, 4) is 0 Å². The Morgan fingerprint density at radius 3 is 1.51 bits per heavy atom. The molecular weight excluding hydrogens is 691 g/mol. The van der Waals surface area contributed by atoms with Gasteiger partial charge in [-0.05, 0) is 64.2 Å². The van der Waals surface area contributed by atoms with Gasteiger partial charge in [-0.2, -0.15) is 0 Å². The van der Waals surface area contributed by atoms with Crippen LogP contribution < -0.4 is 5.11 Å². The van der Waals surface area contributed by atoms with Crippen LogP contribution in [0.4, 0.5) is 0 Å². The molecule has 2 atom stereocenters. The van der Waals surface area contributed by atoms with E-state index in [9.17, 15) is 19.5 Å². The first-order valence-corrected chi connectivity index (χ1v) is 21.1. The first-order chi connectivity index (χ1) is 26.6. The number of nitrogens with zero attached hydrogens (tertiary/aromatic N) is 1. The van der Waals surface area contributed by atoms with Crippen LogP contribution in [0.2, 0.25) is 0 Å². The van der Waals surface area contributed by atoms with Crippen LogP contribution >= 0.6 is 0 Å². The Morgan fingerprint density at radius 2 is 1.02 bits per heavy atom. The summed E-state index contributed by atoms with van der Waals surface area (Å²) in [4.78, 5) is 36.6. The lowest BCUT2D eigenvalue weighted by Crippen LogP contribution is -2.55. The normalized spacial score (nSPS) is 13.8. The molecule has 0 bridgehead atoms. The Labute approximate surface area is 335 Å². The molecule has 0 saturated carbocycles. The summed E-state index contributed by atoms with van der Waals surface area (Å²) in [6.07, 6.45) is 48.0. The number of quaternary nitrogens is 1. The van der Waals surface area contributed by atoms with E-state index in [4.69, 9.17) is 14.2 Å². The first kappa shape index (κ1) is 51.5. The number of rotatable bonds is 36. The van der Waals surface area contributed by atoms with Crippen molar-refractivity contribution >= 4 is 17.9 Å². The minimum Gasteiger partial charge on any atom is -0.544 e. The van der Waals surface area contributed by atoms with Crippen LogP contribution in [-0.2, 0) is 28.6 Å². The summed E-state index contributed by atoms with van der Waals surface area (Å²) in [5.74, 6) is -1.91. The van der Waals surface area contributed by atoms with E-state index < -0.39 is 24.1 Å². The van der Waals surface area contributed by atoms with Crippen molar-refractivity contribution in [2.24, 2.45) is 0 Å². The lowest BCUT2D eigenvalue weighted by molar-refractivity contribution is -0.889. The Hall–Kier alpha value is -3.49. The Balaban J connectivity index is 4.29. The number of hydrogen-bond donors (Lipinski definition) is 0. The van der Waals surface area contributed by atoms with Crippen molar-refractivity contribution in [3.63, 3.8) is 0 Å². The van der Waals surface area contributed by atoms with Crippen LogP contribution in [0.15, 0.2) is 85.1 Å². The molecule has 2 unspecified atom stereocenters. The summed E-state index contributed by atoms with van der Waals surface area (Å²) < 4.78 is 17.0. The average Bonchev–Trinajstić information content (AvgIpc) is 3.14. The van der Waals surface area contributed by atoms with E-state index in [-0.39, 0.29) is 43.1 Å². The van der Waals surface area contributed by atoms with Gasteiger partial charge in [0.15, 0.2) is 6.10 Å². The second-order valence-corrected chi connectivity index (χ2v) is 14.8. The summed E-state index contributed by atoms with van der Waals surface area (Å²) in [5.41, 5.74) is 0. The number of carbonyl (C=O) groups is 3. The highest BCUT2D eigenvalue weighted by Crippen LogP contribution is 2.13. The zero-order valence-corrected chi connectivity index (χ0v) is 35.3. The zero-order chi connectivity index (χ0) is 40.7. The van der Waals surface area contributed by atoms with Gasteiger partial charge in [0.05, 0.1) is 46.7 Å². The Kier molecular flexibility index (Phi) is 35.1. The summed E-state index contributed by atoms with van der Waals surface area (Å²) in [6, 6.07) is -0.743. The van der Waals surface area contributed by atoms with Crippen molar-refractivity contribution in [2.45, 2.75) is 154 Å². The van der Waals surface area contributed by atoms with Crippen LogP contribution in [0.3, 0.4) is 0 Å². The van der Waals surface area contributed by atoms with Gasteiger partial charge in [-0.3, -0.25) is 9.59 Å². The largest absolute Gasteiger partial charge is 0.544 e. The van der Waals surface area contributed by atoms with Gasteiger partial charge in [-0.1, -0.05) is 144 Å². The number of ether oxygens (including phenoxy) is 3. The SMILES string of the molecule is CC/C=C/C/C=C/C/C=C/C/C=C/CCCCCCCCCCCC(=O)OCC(COCCC(C(=O)[O-])[N+](C)(C)C)OC(=O)C/C=C/C/C=C/C/C=C/CC. The van der Waals surface area contributed by atoms with E-state index in [2.05, 4.69) is 80.7 Å². The molecular formula is C47H77NO7. The lowest BCUT2D eigenvalue weighted by atomic mass is 10.1. The van der Waals surface area contributed by atoms with Crippen molar-refractivity contribution in [2.75, 3.05) is 41.0 Å². The Bertz CT molecular complexity index is 1170. The van der Waals surface area contributed by atoms with E-state index >= 15 is 0 Å². The van der Waals surface area contributed by atoms with Gasteiger partial charge < -0.3 is 28.6 Å². The number of carboxylic acids is 1. The van der Waals surface area contributed by atoms with Crippen LogP contribution in [0, 0.1) is 0 Å². The molecule has 0 N–H and O–H groups in total. The first-order valence-electron chi connectivity index (χ1n) is 21.1. The van der Waals surface area contributed by atoms with E-state index in [0.717, 1.165) is 70.6 Å². The molecule has 8 nitrogen and oxygen atoms in total. The third-order valence-corrected chi connectivity index (χ3v) is 8.81. The van der Waals surface area contributed by atoms with Gasteiger partial charge in [0.1, 0.15) is 12.6 Å². The summed E-state index contributed by atoms with van der Waals surface area (Å²) in [7, 11) is 5.36. The predicted octanol–water partition coefficient (Wildman–Crippen LogP) is 10.0. The minimum atomic E-state index is -1.14. The summed E-state index contributed by atoms with van der Waals surface area (Å²) in [5, 5.41) is 11.6. The van der Waals surface area contributed by atoms with Gasteiger partial charge in [-0.25, -0.2) is 0 Å². The predicted molar refractivity (Wildman–Crippen MR) is 226 cm³/mol. The smallest absolute Gasteiger partial charge is 0.310 e. The molecule has 0 rings (SSSR count). The molecule has 0 radical (unpaired) electrons. The number of carboxylic acid groups (broad SMARTS) is 1. The van der Waals surface area contributed by atoms with Crippen molar-refractivity contribution in [1.29, 1.82) is 0 Å². The molecule has 0 heterocycles. The van der Waals surface area contributed by atoms with Gasteiger partial charge in [-0.15, -0.1) is 0 Å². The summed E-state index contributed by atoms with van der Waals surface area (Å²) >= 11 is 0. The molecule has 8 heteroatoms. The molecule has 0 aliphatic carbocycles. The highest BCUT2D eigenvalue weighted by Gasteiger charge is 2.25. The quantitative estimate of drug-likeness (QED) is 0.0271. The zero-order valence-electron chi connectivity index (χ0n) is 35.3. The second kappa shape index (κ2) is 37.4. The number of esters is 2. The molecule has 312 valence electrons. The fraction of sp³-hybridized carbons (Fsp3) is 0.638. The van der Waals surface area contributed by atoms with Crippen LogP contribution in [-0.4, -0.2) is 75.5 Å². The van der Waals surface area contributed by atoms with Crippen LogP contribution in [0.5, 0.6) is 0 Å². The van der Waals surface area contributed by atoms with Crippen molar-refractivity contribution in [3.05, 3.63) is 85.1 Å². The van der Waals surface area contributed by atoms with Crippen LogP contribution in [0.25, 0.3) is 0 Å². The van der Waals surface area contributed by atoms with Crippen LogP contribution in [0.1, 0.15) is 142 Å². The highest BCUT2D eigenvalue weighted by atomic mass is 16.6. The fourth-order valence-electron chi connectivity index (χ4n) is 5.59. The lowest BCUT2D eigenvalue weighted by Gasteiger charge is -2.34. The molecule has 0 saturated heterocycles. The topological polar surface area (TPSA) is 102 Å². The fourth-order valence-corrected chi connectivity index (χ4v) is 5.59. The van der Waals surface area contributed by atoms with E-state index in [1.807, 2.05) is 12.2 Å². The van der Waals surface area contributed by atoms with Crippen molar-refractivity contribution in [1.82, 2.24) is 0 Å². The second-order valence-electron chi connectivity index (χ2n) is 14.8. The van der Waals surface area contributed by atoms with Gasteiger partial charge in [0, 0.05) is 12.8 Å². The van der Waals surface area contributed by atoms with Gasteiger partial charge in [0.25, 0.3) is 0 Å². The van der Waals surface area contributed by atoms with E-state index in [1.165, 1.54) is 38.5 Å². The maximum Gasteiger partial charge on any atom is 0.310 e. The maximum absolute atomic E-state index is 12.6. The molecule has 0 fully saturated rings. The molecule has 0 aliphatic heterocycles. The highest BCUT2D eigenvalue weighted by molar-refractivity contribution is 5.71. The number of aliphatic carboxylic acids is 1. The van der Waals surface area contributed by atoms with E-state index in [0.29, 0.717) is 6.42 Å². The maximum atomic E-state index is 12.6. The summed E-state index contributed by atoms with van der Waals surface area (Å²) in [6.45, 7) is 4.29. The number of carbonyl (C=O) groups excluding carboxylic acids is 3. The number of hydrogen-bond acceptors (Lipinski definition) is 7. The number of likely N-dealkylation sites (N-methyl/N-ethyl adjacent to an activating group) is 1. The van der Waals surface area contributed by atoms with Gasteiger partial charge >= 0.3 is 11.9 Å². The molecule has 0 amide bonds. The monoisotopic (exact) mass is 768 g/mol. The number of unbranched alkanes of at least 4 members (excludes halogenated alkanes) is 9. The molecule has 55 heavy (non-hydrogen) atoms. The molecule has 0 aromatic rings. The Morgan fingerprint density at radius 1 is 0.564 bits per heavy atom. The third-order valence-electron chi connectivity index (χ3n) is 8.81. The minimum absolute atomic E-state index is 0.00189. The standard InChI is InChI=1S/C47H77NO7/c1-6-8-10-12-14-16-17-18-19-20-21-22-23-24-25-26-27-28-30-31-33-35-37-45(49)54-42-43(41-53-40-39-44(47(51)52)48(3,4)5)55-46(50)38-36-34-32-29-15-13-11-9-7-2/h8-11,14-16,18-19,21-22,29,34,36,43-44H,6-7,12-13,17,20,23-28,30-33,35,37-42H2,1-5H3/b10-8+,11-9+,16-14+,19-18+,22-21+,29-15+,36-34+. The molecule has 0 aromatic carbocycles. The average molecular weight is 768 g/mol. The number of allylic oxidation sites excluding steroid dienone is 13. The van der Waals surface area contributed by atoms with E-state index in [1.54, 1.807) is 27.2 Å². The van der Waals surface area contributed by atoms with Crippen molar-refractivity contribution < 1.29 is 38.2 Å². The third kappa shape index (κ3) is 35.9.